The maximum Gasteiger partial charge on any atom is 0.123 e. The van der Waals surface area contributed by atoms with E-state index in [-0.39, 0.29) is 10.9 Å². The maximum atomic E-state index is 5.88. The first kappa shape index (κ1) is 11.7. The van der Waals surface area contributed by atoms with Gasteiger partial charge in [-0.25, -0.2) is 4.68 Å². The van der Waals surface area contributed by atoms with Crippen LogP contribution in [-0.4, -0.2) is 21.1 Å². The van der Waals surface area contributed by atoms with Gasteiger partial charge in [0, 0.05) is 12.6 Å². The second kappa shape index (κ2) is 4.72. The summed E-state index contributed by atoms with van der Waals surface area (Å²) < 4.78 is 7.73. The lowest BCUT2D eigenvalue weighted by molar-refractivity contribution is 0.202. The van der Waals surface area contributed by atoms with Gasteiger partial charge in [0.1, 0.15) is 11.9 Å². The number of halogens is 1. The largest absolute Gasteiger partial charge is 0.488 e. The van der Waals surface area contributed by atoms with Crippen molar-refractivity contribution in [3.8, 4) is 5.75 Å². The summed E-state index contributed by atoms with van der Waals surface area (Å²) in [6, 6.07) is 8.18. The molecule has 0 spiro atoms. The van der Waals surface area contributed by atoms with Crippen LogP contribution in [0.25, 0.3) is 0 Å². The quantitative estimate of drug-likeness (QED) is 0.819. The van der Waals surface area contributed by atoms with E-state index in [4.69, 9.17) is 4.74 Å². The molecule has 5 heteroatoms. The fourth-order valence-corrected chi connectivity index (χ4v) is 2.36. The van der Waals surface area contributed by atoms with E-state index in [9.17, 15) is 0 Å². The third-order valence-corrected chi connectivity index (χ3v) is 3.54. The molecule has 0 aliphatic carbocycles. The first-order valence-electron chi connectivity index (χ1n) is 6.01. The number of para-hydroxylation sites is 1. The molecule has 94 valence electrons. The number of rotatable bonds is 3. The van der Waals surface area contributed by atoms with E-state index < -0.39 is 0 Å². The molecule has 0 radical (unpaired) electrons. The van der Waals surface area contributed by atoms with Crippen LogP contribution in [0.5, 0.6) is 5.75 Å². The Morgan fingerprint density at radius 3 is 3.06 bits per heavy atom. The average Bonchev–Trinajstić information content (AvgIpc) is 2.94. The predicted octanol–water partition coefficient (Wildman–Crippen LogP) is 2.74. The summed E-state index contributed by atoms with van der Waals surface area (Å²) in [5, 5.41) is 8.24. The van der Waals surface area contributed by atoms with Gasteiger partial charge in [-0.15, -0.1) is 5.10 Å². The molecule has 2 unspecified atom stereocenters. The Bertz CT molecular complexity index is 528. The van der Waals surface area contributed by atoms with Gasteiger partial charge in [-0.1, -0.05) is 39.3 Å². The van der Waals surface area contributed by atoms with Crippen molar-refractivity contribution in [2.24, 2.45) is 0 Å². The maximum absolute atomic E-state index is 5.88. The Hall–Kier alpha value is -1.36. The summed E-state index contributed by atoms with van der Waals surface area (Å²) in [6.07, 6.45) is 3.06. The van der Waals surface area contributed by atoms with Crippen LogP contribution in [0.3, 0.4) is 0 Å². The molecule has 18 heavy (non-hydrogen) atoms. The summed E-state index contributed by atoms with van der Waals surface area (Å²) in [5.74, 6) is 0.997. The minimum Gasteiger partial charge on any atom is -0.488 e. The van der Waals surface area contributed by atoms with Gasteiger partial charge in [-0.05, 0) is 18.6 Å². The normalized spacial score (nSPS) is 19.3. The van der Waals surface area contributed by atoms with Crippen LogP contribution in [-0.2, 0) is 13.0 Å². The van der Waals surface area contributed by atoms with Crippen LogP contribution in [0.4, 0.5) is 0 Å². The minimum atomic E-state index is 0.155. The molecule has 4 nitrogen and oxygen atoms in total. The summed E-state index contributed by atoms with van der Waals surface area (Å²) in [6.45, 7) is 2.78. The topological polar surface area (TPSA) is 39.9 Å². The smallest absolute Gasteiger partial charge is 0.123 e. The van der Waals surface area contributed by atoms with Crippen molar-refractivity contribution in [3.05, 3.63) is 41.7 Å². The molecule has 1 aliphatic heterocycles. The van der Waals surface area contributed by atoms with Gasteiger partial charge in [-0.3, -0.25) is 0 Å². The van der Waals surface area contributed by atoms with Gasteiger partial charge in [-0.2, -0.15) is 0 Å². The van der Waals surface area contributed by atoms with E-state index in [0.29, 0.717) is 0 Å². The van der Waals surface area contributed by atoms with Gasteiger partial charge < -0.3 is 4.74 Å². The highest BCUT2D eigenvalue weighted by Gasteiger charge is 2.23. The van der Waals surface area contributed by atoms with Crippen LogP contribution in [0.1, 0.15) is 23.0 Å². The second-order valence-corrected chi connectivity index (χ2v) is 5.91. The number of nitrogens with zero attached hydrogens (tertiary/aromatic N) is 3. The molecule has 2 aromatic rings. The Balaban J connectivity index is 1.68. The van der Waals surface area contributed by atoms with E-state index in [1.54, 1.807) is 0 Å². The Morgan fingerprint density at radius 2 is 2.33 bits per heavy atom. The standard InChI is InChI=1S/C13H14BrN3O/c1-9(14)12-8-17(16-15-12)7-11-6-10-4-2-3-5-13(10)18-11/h2-5,8-9,11H,6-7H2,1H3. The van der Waals surface area contributed by atoms with E-state index in [1.165, 1.54) is 5.56 Å². The van der Waals surface area contributed by atoms with Crippen molar-refractivity contribution in [2.75, 3.05) is 0 Å². The highest BCUT2D eigenvalue weighted by atomic mass is 79.9. The summed E-state index contributed by atoms with van der Waals surface area (Å²) in [7, 11) is 0. The van der Waals surface area contributed by atoms with Crippen LogP contribution in [0.2, 0.25) is 0 Å². The highest BCUT2D eigenvalue weighted by Crippen LogP contribution is 2.28. The Labute approximate surface area is 114 Å². The molecular weight excluding hydrogens is 294 g/mol. The molecule has 0 N–H and O–H groups in total. The van der Waals surface area contributed by atoms with Gasteiger partial charge in [0.25, 0.3) is 0 Å². The third kappa shape index (κ3) is 2.27. The van der Waals surface area contributed by atoms with Gasteiger partial charge >= 0.3 is 0 Å². The SMILES string of the molecule is CC(Br)c1cn(CC2Cc3ccccc3O2)nn1. The molecule has 3 rings (SSSR count). The molecule has 1 aromatic heterocycles. The molecule has 2 heterocycles. The zero-order chi connectivity index (χ0) is 12.5. The second-order valence-electron chi connectivity index (χ2n) is 4.53. The fourth-order valence-electron chi connectivity index (χ4n) is 2.15. The number of ether oxygens (including phenoxy) is 1. The van der Waals surface area contributed by atoms with E-state index in [0.717, 1.165) is 24.4 Å². The molecule has 2 atom stereocenters. The number of alkyl halides is 1. The predicted molar refractivity (Wildman–Crippen MR) is 71.9 cm³/mol. The van der Waals surface area contributed by atoms with Gasteiger partial charge in [0.05, 0.1) is 17.1 Å². The zero-order valence-corrected chi connectivity index (χ0v) is 11.7. The monoisotopic (exact) mass is 307 g/mol. The molecule has 1 aromatic carbocycles. The highest BCUT2D eigenvalue weighted by molar-refractivity contribution is 9.09. The third-order valence-electron chi connectivity index (χ3n) is 3.07. The fraction of sp³-hybridized carbons (Fsp3) is 0.385. The van der Waals surface area contributed by atoms with E-state index >= 15 is 0 Å². The van der Waals surface area contributed by atoms with Gasteiger partial charge in [0.2, 0.25) is 0 Å². The lowest BCUT2D eigenvalue weighted by Crippen LogP contribution is -2.21. The molecule has 0 saturated carbocycles. The van der Waals surface area contributed by atoms with E-state index in [1.807, 2.05) is 36.0 Å². The lowest BCUT2D eigenvalue weighted by atomic mass is 10.1. The van der Waals surface area contributed by atoms with Crippen molar-refractivity contribution in [1.82, 2.24) is 15.0 Å². The number of benzene rings is 1. The number of fused-ring (bicyclic) bond motifs is 1. The number of aromatic nitrogens is 3. The van der Waals surface area contributed by atoms with Crippen LogP contribution >= 0.6 is 15.9 Å². The van der Waals surface area contributed by atoms with Crippen LogP contribution in [0, 0.1) is 0 Å². The van der Waals surface area contributed by atoms with Gasteiger partial charge in [0.15, 0.2) is 0 Å². The molecule has 0 saturated heterocycles. The van der Waals surface area contributed by atoms with Crippen molar-refractivity contribution < 1.29 is 4.74 Å². The van der Waals surface area contributed by atoms with E-state index in [2.05, 4.69) is 32.3 Å². The molecule has 1 aliphatic rings. The number of hydrogen-bond donors (Lipinski definition) is 0. The Kier molecular flexibility index (Phi) is 3.07. The van der Waals surface area contributed by atoms with Crippen molar-refractivity contribution >= 4 is 15.9 Å². The van der Waals surface area contributed by atoms with Crippen molar-refractivity contribution in [3.63, 3.8) is 0 Å². The minimum absolute atomic E-state index is 0.155. The number of hydrogen-bond acceptors (Lipinski definition) is 3. The lowest BCUT2D eigenvalue weighted by Gasteiger charge is -2.09. The summed E-state index contributed by atoms with van der Waals surface area (Å²) in [5.41, 5.74) is 2.22. The van der Waals surface area contributed by atoms with Crippen LogP contribution < -0.4 is 4.74 Å². The van der Waals surface area contributed by atoms with Crippen molar-refractivity contribution in [2.45, 2.75) is 30.8 Å². The Morgan fingerprint density at radius 1 is 1.50 bits per heavy atom. The molecule has 0 bridgehead atoms. The zero-order valence-electron chi connectivity index (χ0n) is 10.1. The molecular formula is C13H14BrN3O. The first-order chi connectivity index (χ1) is 8.72. The van der Waals surface area contributed by atoms with Crippen LogP contribution in [0.15, 0.2) is 30.5 Å². The average molecular weight is 308 g/mol. The summed E-state index contributed by atoms with van der Waals surface area (Å²) >= 11 is 3.48. The van der Waals surface area contributed by atoms with Crippen molar-refractivity contribution in [1.29, 1.82) is 0 Å². The summed E-state index contributed by atoms with van der Waals surface area (Å²) in [4.78, 5) is 0.230. The molecule has 0 fully saturated rings. The molecule has 0 amide bonds. The first-order valence-corrected chi connectivity index (χ1v) is 6.92.